The lowest BCUT2D eigenvalue weighted by molar-refractivity contribution is -0.144. The van der Waals surface area contributed by atoms with Gasteiger partial charge in [-0.1, -0.05) is 27.2 Å². The molecule has 2 amide bonds. The summed E-state index contributed by atoms with van der Waals surface area (Å²) in [6, 6.07) is -0.260. The highest BCUT2D eigenvalue weighted by Crippen LogP contribution is 2.23. The average Bonchev–Trinajstić information content (AvgIpc) is 2.59. The molecule has 2 N–H and O–H groups in total. The molecule has 0 aromatic rings. The SMILES string of the molecule is CCCC(C)(NC(=O)N1CC(C)C(C)C1)C(=O)O. The van der Waals surface area contributed by atoms with E-state index in [9.17, 15) is 14.7 Å². The summed E-state index contributed by atoms with van der Waals surface area (Å²) in [6.07, 6.45) is 1.16. The molecular weight excluding hydrogens is 232 g/mol. The van der Waals surface area contributed by atoms with Gasteiger partial charge in [0.1, 0.15) is 5.54 Å². The molecule has 0 radical (unpaired) electrons. The Morgan fingerprint density at radius 1 is 1.33 bits per heavy atom. The maximum absolute atomic E-state index is 12.1. The Balaban J connectivity index is 2.65. The van der Waals surface area contributed by atoms with Crippen LogP contribution in [0.1, 0.15) is 40.5 Å². The van der Waals surface area contributed by atoms with E-state index in [2.05, 4.69) is 19.2 Å². The summed E-state index contributed by atoms with van der Waals surface area (Å²) in [6.45, 7) is 9.11. The molecule has 3 unspecified atom stereocenters. The Labute approximate surface area is 109 Å². The molecule has 0 aromatic carbocycles. The highest BCUT2D eigenvalue weighted by Gasteiger charge is 2.37. The Morgan fingerprint density at radius 3 is 2.22 bits per heavy atom. The van der Waals surface area contributed by atoms with Gasteiger partial charge in [-0.3, -0.25) is 0 Å². The van der Waals surface area contributed by atoms with Crippen molar-refractivity contribution in [2.45, 2.75) is 46.1 Å². The first-order chi connectivity index (χ1) is 8.30. The number of rotatable bonds is 4. The monoisotopic (exact) mass is 256 g/mol. The quantitative estimate of drug-likeness (QED) is 0.807. The van der Waals surface area contributed by atoms with Crippen molar-refractivity contribution in [3.63, 3.8) is 0 Å². The number of hydrogen-bond donors (Lipinski definition) is 2. The van der Waals surface area contributed by atoms with Crippen LogP contribution in [0.5, 0.6) is 0 Å². The third-order valence-corrected chi connectivity index (χ3v) is 3.88. The zero-order valence-corrected chi connectivity index (χ0v) is 11.7. The van der Waals surface area contributed by atoms with Gasteiger partial charge in [-0.05, 0) is 25.2 Å². The van der Waals surface area contributed by atoms with E-state index in [4.69, 9.17) is 0 Å². The van der Waals surface area contributed by atoms with Crippen LogP contribution in [0.15, 0.2) is 0 Å². The molecule has 5 heteroatoms. The normalized spacial score (nSPS) is 26.8. The van der Waals surface area contributed by atoms with Gasteiger partial charge in [0.2, 0.25) is 0 Å². The molecule has 1 rings (SSSR count). The molecule has 3 atom stereocenters. The number of aliphatic carboxylic acids is 1. The van der Waals surface area contributed by atoms with Crippen molar-refractivity contribution in [3.8, 4) is 0 Å². The van der Waals surface area contributed by atoms with Gasteiger partial charge in [-0.25, -0.2) is 9.59 Å². The molecule has 104 valence electrons. The Morgan fingerprint density at radius 2 is 1.83 bits per heavy atom. The number of carbonyl (C=O) groups is 2. The number of carbonyl (C=O) groups excluding carboxylic acids is 1. The lowest BCUT2D eigenvalue weighted by Gasteiger charge is -2.28. The first-order valence-electron chi connectivity index (χ1n) is 6.60. The molecule has 0 bridgehead atoms. The van der Waals surface area contributed by atoms with Crippen LogP contribution in [0.3, 0.4) is 0 Å². The molecule has 0 aromatic heterocycles. The maximum atomic E-state index is 12.1. The number of urea groups is 1. The summed E-state index contributed by atoms with van der Waals surface area (Å²) in [5.74, 6) is -0.0333. The standard InChI is InChI=1S/C13H24N2O3/c1-5-6-13(4,11(16)17)14-12(18)15-7-9(2)10(3)8-15/h9-10H,5-8H2,1-4H3,(H,14,18)(H,16,17). The molecule has 1 saturated heterocycles. The molecule has 1 aliphatic rings. The van der Waals surface area contributed by atoms with Crippen LogP contribution in [-0.4, -0.2) is 40.6 Å². The van der Waals surface area contributed by atoms with Crippen molar-refractivity contribution in [3.05, 3.63) is 0 Å². The number of likely N-dealkylation sites (tertiary alicyclic amines) is 1. The molecule has 1 heterocycles. The van der Waals surface area contributed by atoms with Gasteiger partial charge in [0.25, 0.3) is 0 Å². The number of amides is 2. The molecule has 0 aliphatic carbocycles. The van der Waals surface area contributed by atoms with Crippen molar-refractivity contribution >= 4 is 12.0 Å². The summed E-state index contributed by atoms with van der Waals surface area (Å²) >= 11 is 0. The van der Waals surface area contributed by atoms with Crippen LogP contribution in [0, 0.1) is 11.8 Å². The van der Waals surface area contributed by atoms with Crippen LogP contribution in [0.25, 0.3) is 0 Å². The highest BCUT2D eigenvalue weighted by atomic mass is 16.4. The first kappa shape index (κ1) is 14.8. The van der Waals surface area contributed by atoms with Crippen LogP contribution in [0.4, 0.5) is 4.79 Å². The maximum Gasteiger partial charge on any atom is 0.329 e. The van der Waals surface area contributed by atoms with Crippen LogP contribution in [-0.2, 0) is 4.79 Å². The molecule has 0 spiro atoms. The Kier molecular flexibility index (Phi) is 4.59. The zero-order valence-electron chi connectivity index (χ0n) is 11.7. The second-order valence-electron chi connectivity index (χ2n) is 5.68. The minimum absolute atomic E-state index is 0.260. The minimum Gasteiger partial charge on any atom is -0.480 e. The second-order valence-corrected chi connectivity index (χ2v) is 5.68. The van der Waals surface area contributed by atoms with Gasteiger partial charge in [-0.15, -0.1) is 0 Å². The molecule has 1 fully saturated rings. The number of carboxylic acid groups (broad SMARTS) is 1. The van der Waals surface area contributed by atoms with Crippen LogP contribution in [0.2, 0.25) is 0 Å². The molecule has 1 aliphatic heterocycles. The van der Waals surface area contributed by atoms with Gasteiger partial charge >= 0.3 is 12.0 Å². The Bertz CT molecular complexity index is 322. The fourth-order valence-electron chi connectivity index (χ4n) is 2.33. The molecule has 5 nitrogen and oxygen atoms in total. The van der Waals surface area contributed by atoms with Crippen molar-refractivity contribution in [2.24, 2.45) is 11.8 Å². The lowest BCUT2D eigenvalue weighted by Crippen LogP contribution is -2.55. The van der Waals surface area contributed by atoms with Crippen molar-refractivity contribution in [2.75, 3.05) is 13.1 Å². The second kappa shape index (κ2) is 5.59. The summed E-state index contributed by atoms with van der Waals surface area (Å²) in [7, 11) is 0. The summed E-state index contributed by atoms with van der Waals surface area (Å²) in [5, 5.41) is 11.9. The van der Waals surface area contributed by atoms with E-state index in [1.165, 1.54) is 0 Å². The van der Waals surface area contributed by atoms with Crippen molar-refractivity contribution in [1.29, 1.82) is 0 Å². The summed E-state index contributed by atoms with van der Waals surface area (Å²) < 4.78 is 0. The summed E-state index contributed by atoms with van der Waals surface area (Å²) in [4.78, 5) is 25.1. The van der Waals surface area contributed by atoms with Crippen molar-refractivity contribution < 1.29 is 14.7 Å². The fraction of sp³-hybridized carbons (Fsp3) is 0.846. The predicted molar refractivity (Wildman–Crippen MR) is 69.4 cm³/mol. The lowest BCUT2D eigenvalue weighted by atomic mass is 9.96. The summed E-state index contributed by atoms with van der Waals surface area (Å²) in [5.41, 5.74) is -1.17. The van der Waals surface area contributed by atoms with Gasteiger partial charge < -0.3 is 15.3 Å². The highest BCUT2D eigenvalue weighted by molar-refractivity contribution is 5.86. The van der Waals surface area contributed by atoms with E-state index >= 15 is 0 Å². The van der Waals surface area contributed by atoms with Gasteiger partial charge in [0.05, 0.1) is 0 Å². The van der Waals surface area contributed by atoms with Crippen molar-refractivity contribution in [1.82, 2.24) is 10.2 Å². The van der Waals surface area contributed by atoms with E-state index in [0.717, 1.165) is 6.42 Å². The number of nitrogens with one attached hydrogen (secondary N) is 1. The van der Waals surface area contributed by atoms with Crippen LogP contribution < -0.4 is 5.32 Å². The molecular formula is C13H24N2O3. The molecule has 18 heavy (non-hydrogen) atoms. The fourth-order valence-corrected chi connectivity index (χ4v) is 2.33. The molecule has 0 saturated carbocycles. The van der Waals surface area contributed by atoms with E-state index in [1.807, 2.05) is 6.92 Å². The smallest absolute Gasteiger partial charge is 0.329 e. The van der Waals surface area contributed by atoms with E-state index in [-0.39, 0.29) is 6.03 Å². The largest absolute Gasteiger partial charge is 0.480 e. The minimum atomic E-state index is -1.17. The number of carboxylic acids is 1. The average molecular weight is 256 g/mol. The van der Waals surface area contributed by atoms with Gasteiger partial charge in [-0.2, -0.15) is 0 Å². The van der Waals surface area contributed by atoms with Gasteiger partial charge in [0, 0.05) is 13.1 Å². The predicted octanol–water partition coefficient (Wildman–Crippen LogP) is 1.93. The van der Waals surface area contributed by atoms with Gasteiger partial charge in [0.15, 0.2) is 0 Å². The number of nitrogens with zero attached hydrogens (tertiary/aromatic N) is 1. The topological polar surface area (TPSA) is 69.6 Å². The van der Waals surface area contributed by atoms with E-state index < -0.39 is 11.5 Å². The zero-order chi connectivity index (χ0) is 13.9. The van der Waals surface area contributed by atoms with E-state index in [1.54, 1.807) is 11.8 Å². The van der Waals surface area contributed by atoms with Crippen LogP contribution >= 0.6 is 0 Å². The third-order valence-electron chi connectivity index (χ3n) is 3.88. The first-order valence-corrected chi connectivity index (χ1v) is 6.60. The van der Waals surface area contributed by atoms with E-state index in [0.29, 0.717) is 31.3 Å². The number of hydrogen-bond acceptors (Lipinski definition) is 2. The Hall–Kier alpha value is -1.26. The third kappa shape index (κ3) is 3.15.